The summed E-state index contributed by atoms with van der Waals surface area (Å²) in [6.45, 7) is 4.39. The summed E-state index contributed by atoms with van der Waals surface area (Å²) in [6.07, 6.45) is 4.28. The molecule has 0 saturated carbocycles. The van der Waals surface area contributed by atoms with Crippen LogP contribution in [0.2, 0.25) is 0 Å². The third-order valence-electron chi connectivity index (χ3n) is 6.13. The van der Waals surface area contributed by atoms with E-state index in [1.54, 1.807) is 27.4 Å². The van der Waals surface area contributed by atoms with E-state index in [-0.39, 0.29) is 5.75 Å². The maximum atomic E-state index is 10.4. The highest BCUT2D eigenvalue weighted by atomic mass is 16.5. The molecule has 2 aromatic carbocycles. The molecule has 1 aliphatic heterocycles. The van der Waals surface area contributed by atoms with Crippen LogP contribution in [0.5, 0.6) is 23.0 Å². The van der Waals surface area contributed by atoms with Crippen molar-refractivity contribution in [2.45, 2.75) is 38.6 Å². The molecule has 1 atom stereocenters. The highest BCUT2D eigenvalue weighted by Crippen LogP contribution is 2.56. The van der Waals surface area contributed by atoms with E-state index in [4.69, 9.17) is 14.2 Å². The fourth-order valence-corrected chi connectivity index (χ4v) is 4.83. The zero-order valence-corrected chi connectivity index (χ0v) is 17.2. The third-order valence-corrected chi connectivity index (χ3v) is 6.13. The molecule has 0 spiro atoms. The van der Waals surface area contributed by atoms with Gasteiger partial charge in [0.25, 0.3) is 0 Å². The van der Waals surface area contributed by atoms with Crippen molar-refractivity contribution in [3.05, 3.63) is 34.9 Å². The molecule has 0 fully saturated rings. The molecule has 2 aromatic rings. The van der Waals surface area contributed by atoms with Crippen molar-refractivity contribution in [2.24, 2.45) is 0 Å². The zero-order valence-electron chi connectivity index (χ0n) is 17.2. The Morgan fingerprint density at radius 1 is 1.04 bits per heavy atom. The van der Waals surface area contributed by atoms with Crippen molar-refractivity contribution in [1.82, 2.24) is 4.90 Å². The number of unbranched alkanes of at least 4 members (excludes halogenated alkanes) is 1. The fraction of sp³-hybridized carbons (Fsp3) is 0.478. The summed E-state index contributed by atoms with van der Waals surface area (Å²) in [7, 11) is 4.96. The number of fused-ring (bicyclic) bond motifs is 2. The van der Waals surface area contributed by atoms with E-state index in [0.29, 0.717) is 17.5 Å². The molecule has 0 saturated heterocycles. The molecule has 5 nitrogen and oxygen atoms in total. The van der Waals surface area contributed by atoms with Gasteiger partial charge in [-0.3, -0.25) is 4.90 Å². The number of phenols is 1. The van der Waals surface area contributed by atoms with Gasteiger partial charge in [0.1, 0.15) is 0 Å². The van der Waals surface area contributed by atoms with Gasteiger partial charge in [-0.05, 0) is 54.6 Å². The Balaban J connectivity index is 2.01. The van der Waals surface area contributed by atoms with Crippen LogP contribution in [0.25, 0.3) is 11.1 Å². The molecule has 4 rings (SSSR count). The van der Waals surface area contributed by atoms with E-state index in [2.05, 4.69) is 17.9 Å². The zero-order chi connectivity index (χ0) is 19.8. The summed E-state index contributed by atoms with van der Waals surface area (Å²) < 4.78 is 17.1. The second-order valence-corrected chi connectivity index (χ2v) is 7.57. The van der Waals surface area contributed by atoms with Crippen LogP contribution in [0.4, 0.5) is 0 Å². The molecule has 1 aliphatic carbocycles. The van der Waals surface area contributed by atoms with Gasteiger partial charge in [0, 0.05) is 23.7 Å². The van der Waals surface area contributed by atoms with E-state index >= 15 is 0 Å². The largest absolute Gasteiger partial charge is 0.504 e. The number of hydrogen-bond acceptors (Lipinski definition) is 5. The molecule has 2 aliphatic rings. The predicted molar refractivity (Wildman–Crippen MR) is 110 cm³/mol. The molecule has 1 heterocycles. The first kappa shape index (κ1) is 18.9. The van der Waals surface area contributed by atoms with Crippen molar-refractivity contribution in [3.63, 3.8) is 0 Å². The second-order valence-electron chi connectivity index (χ2n) is 7.57. The van der Waals surface area contributed by atoms with Gasteiger partial charge in [-0.1, -0.05) is 19.4 Å². The molecule has 28 heavy (non-hydrogen) atoms. The fourth-order valence-electron chi connectivity index (χ4n) is 4.83. The van der Waals surface area contributed by atoms with Gasteiger partial charge in [-0.2, -0.15) is 0 Å². The minimum atomic E-state index is 0.150. The number of benzene rings is 2. The lowest BCUT2D eigenvalue weighted by molar-refractivity contribution is 0.179. The quantitative estimate of drug-likeness (QED) is 0.804. The van der Waals surface area contributed by atoms with Gasteiger partial charge in [0.15, 0.2) is 23.0 Å². The Morgan fingerprint density at radius 2 is 1.82 bits per heavy atom. The molecule has 1 unspecified atom stereocenters. The van der Waals surface area contributed by atoms with Crippen molar-refractivity contribution in [2.75, 3.05) is 34.4 Å². The Morgan fingerprint density at radius 3 is 2.50 bits per heavy atom. The lowest BCUT2D eigenvalue weighted by Gasteiger charge is -2.42. The van der Waals surface area contributed by atoms with Crippen LogP contribution in [0.1, 0.15) is 42.5 Å². The maximum absolute atomic E-state index is 10.4. The average Bonchev–Trinajstić information content (AvgIpc) is 2.72. The summed E-state index contributed by atoms with van der Waals surface area (Å²) in [5.74, 6) is 2.11. The Hall–Kier alpha value is -2.40. The number of ether oxygens (including phenoxy) is 3. The highest BCUT2D eigenvalue weighted by Gasteiger charge is 2.39. The first-order chi connectivity index (χ1) is 13.6. The maximum Gasteiger partial charge on any atom is 0.169 e. The summed E-state index contributed by atoms with van der Waals surface area (Å²) >= 11 is 0. The minimum Gasteiger partial charge on any atom is -0.504 e. The smallest absolute Gasteiger partial charge is 0.169 e. The van der Waals surface area contributed by atoms with Crippen LogP contribution in [0.3, 0.4) is 0 Å². The Kier molecular flexibility index (Phi) is 5.11. The van der Waals surface area contributed by atoms with Crippen molar-refractivity contribution < 1.29 is 19.3 Å². The second kappa shape index (κ2) is 7.55. The molecule has 0 radical (unpaired) electrons. The molecule has 0 bridgehead atoms. The molecule has 0 aromatic heterocycles. The van der Waals surface area contributed by atoms with E-state index < -0.39 is 0 Å². The molecular weight excluding hydrogens is 354 g/mol. The summed E-state index contributed by atoms with van der Waals surface area (Å²) in [5.41, 5.74) is 5.73. The molecular formula is C23H29NO4. The van der Waals surface area contributed by atoms with Gasteiger partial charge in [0.05, 0.1) is 21.3 Å². The summed E-state index contributed by atoms with van der Waals surface area (Å²) in [4.78, 5) is 2.60. The topological polar surface area (TPSA) is 51.2 Å². The van der Waals surface area contributed by atoms with E-state index in [0.717, 1.165) is 42.8 Å². The van der Waals surface area contributed by atoms with E-state index in [1.165, 1.54) is 29.5 Å². The summed E-state index contributed by atoms with van der Waals surface area (Å²) in [5, 5.41) is 10.4. The van der Waals surface area contributed by atoms with Crippen molar-refractivity contribution in [3.8, 4) is 34.1 Å². The standard InChI is InChI=1S/C23H29NO4/c1-5-6-10-24-11-9-15-13-18(26-2)23(28-4)21-19(15)16(24)12-14-7-8-17(25)22(27-3)20(14)21/h7-8,13,16,25H,5-6,9-12H2,1-4H3. The third kappa shape index (κ3) is 2.80. The Labute approximate surface area is 166 Å². The average molecular weight is 383 g/mol. The van der Waals surface area contributed by atoms with E-state index in [1.807, 2.05) is 6.07 Å². The summed E-state index contributed by atoms with van der Waals surface area (Å²) in [6, 6.07) is 6.19. The van der Waals surface area contributed by atoms with Crippen LogP contribution in [-0.2, 0) is 12.8 Å². The molecule has 0 amide bonds. The number of aromatic hydroxyl groups is 1. The number of rotatable bonds is 6. The normalized spacial score (nSPS) is 17.6. The SMILES string of the molecule is CCCCN1CCc2cc(OC)c(OC)c3c2C1Cc1ccc(O)c(OC)c1-3. The van der Waals surface area contributed by atoms with Gasteiger partial charge < -0.3 is 19.3 Å². The number of phenolic OH excluding ortho intramolecular Hbond substituents is 1. The van der Waals surface area contributed by atoms with Crippen molar-refractivity contribution >= 4 is 0 Å². The first-order valence-corrected chi connectivity index (χ1v) is 10.1. The number of methoxy groups -OCH3 is 3. The van der Waals surface area contributed by atoms with Crippen LogP contribution in [0, 0.1) is 0 Å². The molecule has 1 N–H and O–H groups in total. The monoisotopic (exact) mass is 383 g/mol. The van der Waals surface area contributed by atoms with Crippen LogP contribution >= 0.6 is 0 Å². The highest BCUT2D eigenvalue weighted by molar-refractivity contribution is 5.88. The van der Waals surface area contributed by atoms with Gasteiger partial charge in [-0.25, -0.2) is 0 Å². The molecule has 150 valence electrons. The first-order valence-electron chi connectivity index (χ1n) is 10.1. The van der Waals surface area contributed by atoms with Crippen LogP contribution in [-0.4, -0.2) is 44.4 Å². The van der Waals surface area contributed by atoms with Crippen molar-refractivity contribution in [1.29, 1.82) is 0 Å². The van der Waals surface area contributed by atoms with Gasteiger partial charge in [0.2, 0.25) is 0 Å². The molecule has 5 heteroatoms. The minimum absolute atomic E-state index is 0.150. The number of hydrogen-bond donors (Lipinski definition) is 1. The number of nitrogens with zero attached hydrogens (tertiary/aromatic N) is 1. The predicted octanol–water partition coefficient (Wildman–Crippen LogP) is 4.34. The van der Waals surface area contributed by atoms with Gasteiger partial charge >= 0.3 is 0 Å². The lowest BCUT2D eigenvalue weighted by Crippen LogP contribution is -2.39. The van der Waals surface area contributed by atoms with Crippen LogP contribution in [0.15, 0.2) is 18.2 Å². The Bertz CT molecular complexity index is 893. The lowest BCUT2D eigenvalue weighted by atomic mass is 9.76. The van der Waals surface area contributed by atoms with E-state index in [9.17, 15) is 5.11 Å². The van der Waals surface area contributed by atoms with Crippen LogP contribution < -0.4 is 14.2 Å². The van der Waals surface area contributed by atoms with Gasteiger partial charge in [-0.15, -0.1) is 0 Å².